The summed E-state index contributed by atoms with van der Waals surface area (Å²) in [5.41, 5.74) is 0.377. The number of benzene rings is 2. The Hall–Kier alpha value is -2.90. The molecule has 3 nitrogen and oxygen atoms in total. The Kier molecular flexibility index (Phi) is 4.67. The van der Waals surface area contributed by atoms with E-state index in [-0.39, 0.29) is 12.1 Å². The molecule has 0 unspecified atom stereocenters. The van der Waals surface area contributed by atoms with Crippen LogP contribution in [0.3, 0.4) is 0 Å². The predicted molar refractivity (Wildman–Crippen MR) is 87.3 cm³/mol. The van der Waals surface area contributed by atoms with Gasteiger partial charge in [-0.25, -0.2) is 8.78 Å². The summed E-state index contributed by atoms with van der Waals surface area (Å²) in [6, 6.07) is 11.0. The number of aryl methyl sites for hydroxylation is 1. The van der Waals surface area contributed by atoms with Crippen molar-refractivity contribution in [3.05, 3.63) is 71.4 Å². The van der Waals surface area contributed by atoms with E-state index in [1.165, 1.54) is 25.2 Å². The molecule has 0 saturated heterocycles. The Labute approximate surface area is 146 Å². The molecular formula is C18H14F5N3. The minimum absolute atomic E-state index is 0.0538. The van der Waals surface area contributed by atoms with E-state index >= 15 is 0 Å². The lowest BCUT2D eigenvalue weighted by atomic mass is 10.1. The molecule has 26 heavy (non-hydrogen) atoms. The Morgan fingerprint density at radius 1 is 1.00 bits per heavy atom. The van der Waals surface area contributed by atoms with E-state index in [0.717, 1.165) is 10.7 Å². The second kappa shape index (κ2) is 6.78. The molecule has 0 aliphatic heterocycles. The minimum atomic E-state index is -4.51. The summed E-state index contributed by atoms with van der Waals surface area (Å²) in [6.07, 6.45) is -4.51. The fraction of sp³-hybridized carbons (Fsp3) is 0.167. The van der Waals surface area contributed by atoms with Crippen LogP contribution in [0.25, 0.3) is 11.3 Å². The van der Waals surface area contributed by atoms with E-state index in [1.54, 1.807) is 24.3 Å². The van der Waals surface area contributed by atoms with Gasteiger partial charge in [0.05, 0.1) is 5.69 Å². The lowest BCUT2D eigenvalue weighted by Crippen LogP contribution is -2.06. The normalized spacial score (nSPS) is 11.6. The smallest absolute Gasteiger partial charge is 0.381 e. The van der Waals surface area contributed by atoms with Crippen LogP contribution in [-0.2, 0) is 19.8 Å². The molecule has 0 amide bonds. The minimum Gasteiger partial charge on any atom is -0.381 e. The van der Waals surface area contributed by atoms with Crippen LogP contribution in [0.1, 0.15) is 11.3 Å². The first-order valence-electron chi connectivity index (χ1n) is 7.64. The molecule has 0 fully saturated rings. The zero-order chi connectivity index (χ0) is 18.9. The molecule has 8 heteroatoms. The highest BCUT2D eigenvalue weighted by molar-refractivity contribution is 5.63. The third-order valence-corrected chi connectivity index (χ3v) is 3.88. The number of halogens is 5. The first-order valence-corrected chi connectivity index (χ1v) is 7.64. The quantitative estimate of drug-likeness (QED) is 0.658. The molecule has 1 N–H and O–H groups in total. The zero-order valence-corrected chi connectivity index (χ0v) is 13.6. The van der Waals surface area contributed by atoms with Crippen LogP contribution in [0.15, 0.2) is 48.5 Å². The van der Waals surface area contributed by atoms with Crippen molar-refractivity contribution in [2.75, 3.05) is 5.32 Å². The first kappa shape index (κ1) is 17.9. The van der Waals surface area contributed by atoms with Gasteiger partial charge in [-0.3, -0.25) is 4.68 Å². The molecule has 0 atom stereocenters. The maximum Gasteiger partial charge on any atom is 0.435 e. The van der Waals surface area contributed by atoms with Gasteiger partial charge in [0.2, 0.25) is 0 Å². The summed E-state index contributed by atoms with van der Waals surface area (Å²) in [6.45, 7) is -0.0538. The van der Waals surface area contributed by atoms with Gasteiger partial charge in [-0.05, 0) is 35.9 Å². The van der Waals surface area contributed by atoms with Crippen molar-refractivity contribution in [3.63, 3.8) is 0 Å². The highest BCUT2D eigenvalue weighted by atomic mass is 19.4. The average Bonchev–Trinajstić information content (AvgIpc) is 2.97. The molecule has 1 aromatic heterocycles. The summed E-state index contributed by atoms with van der Waals surface area (Å²) in [4.78, 5) is 0. The summed E-state index contributed by atoms with van der Waals surface area (Å²) in [5.74, 6) is -1.30. The van der Waals surface area contributed by atoms with Gasteiger partial charge in [-0.1, -0.05) is 18.2 Å². The molecule has 2 aromatic carbocycles. The van der Waals surface area contributed by atoms with Gasteiger partial charge in [-0.2, -0.15) is 18.3 Å². The van der Waals surface area contributed by atoms with Crippen molar-refractivity contribution in [1.29, 1.82) is 0 Å². The number of nitrogens with zero attached hydrogens (tertiary/aromatic N) is 2. The van der Waals surface area contributed by atoms with Gasteiger partial charge in [0.25, 0.3) is 0 Å². The fourth-order valence-corrected chi connectivity index (χ4v) is 2.53. The number of anilines is 1. The average molecular weight is 367 g/mol. The van der Waals surface area contributed by atoms with Crippen molar-refractivity contribution >= 4 is 5.69 Å². The molecule has 3 rings (SSSR count). The summed E-state index contributed by atoms with van der Waals surface area (Å²) in [7, 11) is 1.43. The van der Waals surface area contributed by atoms with Crippen molar-refractivity contribution in [1.82, 2.24) is 9.78 Å². The fourth-order valence-electron chi connectivity index (χ4n) is 2.53. The third kappa shape index (κ3) is 3.68. The van der Waals surface area contributed by atoms with Gasteiger partial charge < -0.3 is 5.32 Å². The molecule has 3 aromatic rings. The van der Waals surface area contributed by atoms with Gasteiger partial charge in [-0.15, -0.1) is 0 Å². The van der Waals surface area contributed by atoms with E-state index in [2.05, 4.69) is 10.4 Å². The Morgan fingerprint density at radius 2 is 1.62 bits per heavy atom. The van der Waals surface area contributed by atoms with Crippen LogP contribution in [0.5, 0.6) is 0 Å². The third-order valence-electron chi connectivity index (χ3n) is 3.88. The van der Waals surface area contributed by atoms with Crippen molar-refractivity contribution in [3.8, 4) is 11.3 Å². The maximum absolute atomic E-state index is 13.6. The molecule has 0 saturated carbocycles. The van der Waals surface area contributed by atoms with Gasteiger partial charge in [0.1, 0.15) is 11.6 Å². The van der Waals surface area contributed by atoms with E-state index < -0.39 is 23.5 Å². The van der Waals surface area contributed by atoms with Gasteiger partial charge >= 0.3 is 6.18 Å². The molecule has 1 heterocycles. The summed E-state index contributed by atoms with van der Waals surface area (Å²) in [5, 5.41) is 6.35. The second-order valence-electron chi connectivity index (χ2n) is 5.67. The number of hydrogen-bond acceptors (Lipinski definition) is 2. The topological polar surface area (TPSA) is 29.9 Å². The van der Waals surface area contributed by atoms with Crippen molar-refractivity contribution in [2.45, 2.75) is 12.7 Å². The second-order valence-corrected chi connectivity index (χ2v) is 5.67. The highest BCUT2D eigenvalue weighted by Gasteiger charge is 2.34. The van der Waals surface area contributed by atoms with Crippen LogP contribution in [0, 0.1) is 11.6 Å². The van der Waals surface area contributed by atoms with E-state index in [0.29, 0.717) is 16.9 Å². The van der Waals surface area contributed by atoms with Gasteiger partial charge in [0, 0.05) is 24.8 Å². The summed E-state index contributed by atoms with van der Waals surface area (Å²) >= 11 is 0. The number of rotatable bonds is 4. The van der Waals surface area contributed by atoms with Gasteiger partial charge in [0.15, 0.2) is 5.69 Å². The largest absolute Gasteiger partial charge is 0.435 e. The monoisotopic (exact) mass is 367 g/mol. The molecule has 136 valence electrons. The molecule has 0 spiro atoms. The number of aromatic nitrogens is 2. The first-order chi connectivity index (χ1) is 12.3. The predicted octanol–water partition coefficient (Wildman–Crippen LogP) is 5.00. The zero-order valence-electron chi connectivity index (χ0n) is 13.6. The standard InChI is InChI=1S/C18H14F5N3/c1-26-16(9-17(25-26)18(21,22)23)11-5-7-12(8-6-11)24-10-13-14(19)3-2-4-15(13)20/h2-9,24H,10H2,1H3. The van der Waals surface area contributed by atoms with Crippen LogP contribution in [-0.4, -0.2) is 9.78 Å². The molecule has 0 aliphatic rings. The van der Waals surface area contributed by atoms with E-state index in [1.807, 2.05) is 0 Å². The highest BCUT2D eigenvalue weighted by Crippen LogP contribution is 2.31. The molecule has 0 bridgehead atoms. The lowest BCUT2D eigenvalue weighted by Gasteiger charge is -2.09. The molecular weight excluding hydrogens is 353 g/mol. The Bertz CT molecular complexity index is 893. The van der Waals surface area contributed by atoms with Crippen LogP contribution in [0.2, 0.25) is 0 Å². The maximum atomic E-state index is 13.6. The van der Waals surface area contributed by atoms with Crippen LogP contribution in [0.4, 0.5) is 27.6 Å². The van der Waals surface area contributed by atoms with Crippen molar-refractivity contribution in [2.24, 2.45) is 7.05 Å². The Balaban J connectivity index is 1.76. The van der Waals surface area contributed by atoms with Crippen LogP contribution < -0.4 is 5.32 Å². The molecule has 0 aliphatic carbocycles. The SMILES string of the molecule is Cn1nc(C(F)(F)F)cc1-c1ccc(NCc2c(F)cccc2F)cc1. The number of nitrogens with one attached hydrogen (secondary N) is 1. The van der Waals surface area contributed by atoms with E-state index in [9.17, 15) is 22.0 Å². The van der Waals surface area contributed by atoms with E-state index in [4.69, 9.17) is 0 Å². The van der Waals surface area contributed by atoms with Crippen molar-refractivity contribution < 1.29 is 22.0 Å². The van der Waals surface area contributed by atoms with Crippen LogP contribution >= 0.6 is 0 Å². The lowest BCUT2D eigenvalue weighted by molar-refractivity contribution is -0.141. The Morgan fingerprint density at radius 3 is 2.15 bits per heavy atom. The summed E-state index contributed by atoms with van der Waals surface area (Å²) < 4.78 is 66.6. The number of alkyl halides is 3. The number of hydrogen-bond donors (Lipinski definition) is 1. The molecule has 0 radical (unpaired) electrons.